The molecule has 0 saturated carbocycles. The Balaban J connectivity index is 2.90. The van der Waals surface area contributed by atoms with Crippen molar-refractivity contribution in [3.05, 3.63) is 6.20 Å². The molecule has 4 N–H and O–H groups in total. The zero-order valence-corrected chi connectivity index (χ0v) is 5.80. The summed E-state index contributed by atoms with van der Waals surface area (Å²) in [6.45, 7) is 0. The number of hydrogen-bond acceptors (Lipinski definition) is 5. The molecule has 6 heteroatoms. The van der Waals surface area contributed by atoms with Gasteiger partial charge in [-0.05, 0) is 0 Å². The molecule has 52 valence electrons. The van der Waals surface area contributed by atoms with Gasteiger partial charge in [0.05, 0.1) is 6.20 Å². The van der Waals surface area contributed by atoms with E-state index in [1.54, 1.807) is 6.20 Å². The van der Waals surface area contributed by atoms with Gasteiger partial charge < -0.3 is 11.5 Å². The van der Waals surface area contributed by atoms with Gasteiger partial charge in [0.2, 0.25) is 10.1 Å². The van der Waals surface area contributed by atoms with Crippen molar-refractivity contribution in [1.82, 2.24) is 14.6 Å². The summed E-state index contributed by atoms with van der Waals surface area (Å²) in [4.78, 5) is 4.68. The SMILES string of the molecule is Nc1nn2c(N)cnc2s1. The zero-order valence-electron chi connectivity index (χ0n) is 4.98. The number of nitrogens with two attached hydrogens (primary N) is 2. The van der Waals surface area contributed by atoms with Gasteiger partial charge in [0.1, 0.15) is 5.82 Å². The van der Waals surface area contributed by atoms with Crippen molar-refractivity contribution in [1.29, 1.82) is 0 Å². The Kier molecular flexibility index (Phi) is 0.877. The number of aromatic nitrogens is 3. The highest BCUT2D eigenvalue weighted by molar-refractivity contribution is 7.20. The van der Waals surface area contributed by atoms with E-state index in [2.05, 4.69) is 10.1 Å². The van der Waals surface area contributed by atoms with Gasteiger partial charge >= 0.3 is 0 Å². The van der Waals surface area contributed by atoms with Gasteiger partial charge in [-0.2, -0.15) is 4.52 Å². The third-order valence-electron chi connectivity index (χ3n) is 1.13. The number of nitrogens with zero attached hydrogens (tertiary/aromatic N) is 3. The summed E-state index contributed by atoms with van der Waals surface area (Å²) in [5.74, 6) is 0.517. The van der Waals surface area contributed by atoms with Gasteiger partial charge in [0.15, 0.2) is 0 Å². The van der Waals surface area contributed by atoms with Crippen LogP contribution >= 0.6 is 11.3 Å². The predicted molar refractivity (Wildman–Crippen MR) is 39.7 cm³/mol. The van der Waals surface area contributed by atoms with Crippen LogP contribution in [-0.4, -0.2) is 14.6 Å². The van der Waals surface area contributed by atoms with Crippen LogP contribution in [0.25, 0.3) is 4.96 Å². The van der Waals surface area contributed by atoms with Gasteiger partial charge in [-0.1, -0.05) is 11.3 Å². The zero-order chi connectivity index (χ0) is 7.14. The second-order valence-corrected chi connectivity index (χ2v) is 2.81. The highest BCUT2D eigenvalue weighted by Gasteiger charge is 2.03. The van der Waals surface area contributed by atoms with Crippen molar-refractivity contribution in [3.63, 3.8) is 0 Å². The number of imidazole rings is 1. The Morgan fingerprint density at radius 1 is 1.50 bits per heavy atom. The van der Waals surface area contributed by atoms with E-state index in [1.807, 2.05) is 0 Å². The summed E-state index contributed by atoms with van der Waals surface area (Å²) in [6, 6.07) is 0. The first-order valence-electron chi connectivity index (χ1n) is 2.63. The van der Waals surface area contributed by atoms with Crippen molar-refractivity contribution in [2.75, 3.05) is 11.5 Å². The third-order valence-corrected chi connectivity index (χ3v) is 1.88. The number of anilines is 2. The highest BCUT2D eigenvalue weighted by Crippen LogP contribution is 2.16. The average molecular weight is 155 g/mol. The maximum Gasteiger partial charge on any atom is 0.215 e. The third kappa shape index (κ3) is 0.561. The number of nitrogen functional groups attached to an aromatic ring is 2. The summed E-state index contributed by atoms with van der Waals surface area (Å²) in [5.41, 5.74) is 10.9. The molecule has 0 saturated heterocycles. The van der Waals surface area contributed by atoms with E-state index in [-0.39, 0.29) is 0 Å². The molecule has 0 aromatic carbocycles. The molecule has 2 heterocycles. The van der Waals surface area contributed by atoms with Gasteiger partial charge in [0, 0.05) is 0 Å². The Morgan fingerprint density at radius 3 is 3.00 bits per heavy atom. The molecule has 0 bridgehead atoms. The van der Waals surface area contributed by atoms with Crippen LogP contribution in [0.15, 0.2) is 6.20 Å². The molecule has 0 spiro atoms. The molecular weight excluding hydrogens is 150 g/mol. The Morgan fingerprint density at radius 2 is 2.30 bits per heavy atom. The minimum absolute atomic E-state index is 0.481. The van der Waals surface area contributed by atoms with Crippen LogP contribution in [0.3, 0.4) is 0 Å². The fourth-order valence-corrected chi connectivity index (χ4v) is 1.37. The summed E-state index contributed by atoms with van der Waals surface area (Å²) in [7, 11) is 0. The number of rotatable bonds is 0. The summed E-state index contributed by atoms with van der Waals surface area (Å²) in [5, 5.41) is 4.38. The standard InChI is InChI=1S/C4H5N5S/c5-2-1-7-4-9(2)8-3(6)10-4/h1H,5H2,(H2,6,8). The second-order valence-electron chi connectivity index (χ2n) is 1.82. The minimum Gasteiger partial charge on any atom is -0.382 e. The van der Waals surface area contributed by atoms with E-state index >= 15 is 0 Å². The maximum absolute atomic E-state index is 5.48. The molecule has 5 nitrogen and oxygen atoms in total. The van der Waals surface area contributed by atoms with E-state index in [0.29, 0.717) is 10.9 Å². The fraction of sp³-hybridized carbons (Fsp3) is 0. The molecule has 2 aromatic rings. The van der Waals surface area contributed by atoms with Gasteiger partial charge in [-0.3, -0.25) is 0 Å². The van der Waals surface area contributed by atoms with E-state index in [9.17, 15) is 0 Å². The first kappa shape index (κ1) is 5.48. The Bertz CT molecular complexity index is 360. The lowest BCUT2D eigenvalue weighted by Crippen LogP contribution is -1.93. The molecule has 10 heavy (non-hydrogen) atoms. The Hall–Kier alpha value is -1.30. The van der Waals surface area contributed by atoms with Crippen LogP contribution in [0.5, 0.6) is 0 Å². The van der Waals surface area contributed by atoms with E-state index in [1.165, 1.54) is 15.9 Å². The molecule has 0 aliphatic rings. The normalized spacial score (nSPS) is 10.8. The van der Waals surface area contributed by atoms with Crippen LogP contribution in [0.2, 0.25) is 0 Å². The van der Waals surface area contributed by atoms with E-state index in [4.69, 9.17) is 11.5 Å². The van der Waals surface area contributed by atoms with E-state index in [0.717, 1.165) is 4.96 Å². The fourth-order valence-electron chi connectivity index (χ4n) is 0.724. The average Bonchev–Trinajstić information content (AvgIpc) is 2.35. The molecular formula is C4H5N5S. The van der Waals surface area contributed by atoms with E-state index < -0.39 is 0 Å². The second kappa shape index (κ2) is 1.60. The van der Waals surface area contributed by atoms with Crippen LogP contribution < -0.4 is 11.5 Å². The van der Waals surface area contributed by atoms with Crippen LogP contribution in [0.1, 0.15) is 0 Å². The lowest BCUT2D eigenvalue weighted by atomic mass is 10.8. The summed E-state index contributed by atoms with van der Waals surface area (Å²) in [6.07, 6.45) is 1.55. The number of hydrogen-bond donors (Lipinski definition) is 2. The van der Waals surface area contributed by atoms with Crippen molar-refractivity contribution < 1.29 is 0 Å². The smallest absolute Gasteiger partial charge is 0.215 e. The molecule has 0 aliphatic carbocycles. The molecule has 0 atom stereocenters. The van der Waals surface area contributed by atoms with Crippen molar-refractivity contribution in [3.8, 4) is 0 Å². The van der Waals surface area contributed by atoms with Crippen LogP contribution in [0.4, 0.5) is 10.9 Å². The first-order valence-corrected chi connectivity index (χ1v) is 3.44. The summed E-state index contributed by atoms with van der Waals surface area (Å²) >= 11 is 1.31. The largest absolute Gasteiger partial charge is 0.382 e. The van der Waals surface area contributed by atoms with Crippen molar-refractivity contribution in [2.45, 2.75) is 0 Å². The van der Waals surface area contributed by atoms with Gasteiger partial charge in [-0.25, -0.2) is 4.98 Å². The lowest BCUT2D eigenvalue weighted by molar-refractivity contribution is 0.991. The Labute approximate surface area is 60.3 Å². The molecule has 0 fully saturated rings. The number of fused-ring (bicyclic) bond motifs is 1. The highest BCUT2D eigenvalue weighted by atomic mass is 32.1. The van der Waals surface area contributed by atoms with Gasteiger partial charge in [0.25, 0.3) is 0 Å². The van der Waals surface area contributed by atoms with Crippen molar-refractivity contribution >= 4 is 27.2 Å². The van der Waals surface area contributed by atoms with Crippen molar-refractivity contribution in [2.24, 2.45) is 0 Å². The summed E-state index contributed by atoms with van der Waals surface area (Å²) < 4.78 is 1.51. The minimum atomic E-state index is 0.481. The molecule has 2 rings (SSSR count). The maximum atomic E-state index is 5.48. The molecule has 2 aromatic heterocycles. The molecule has 0 aliphatic heterocycles. The monoisotopic (exact) mass is 155 g/mol. The molecule has 0 amide bonds. The topological polar surface area (TPSA) is 82.2 Å². The van der Waals surface area contributed by atoms with Crippen LogP contribution in [0, 0.1) is 0 Å². The quantitative estimate of drug-likeness (QED) is 0.559. The first-order chi connectivity index (χ1) is 4.77. The van der Waals surface area contributed by atoms with Crippen LogP contribution in [-0.2, 0) is 0 Å². The predicted octanol–water partition coefficient (Wildman–Crippen LogP) is -0.0448. The lowest BCUT2D eigenvalue weighted by Gasteiger charge is -1.81. The van der Waals surface area contributed by atoms with Gasteiger partial charge in [-0.15, -0.1) is 5.10 Å². The molecule has 0 radical (unpaired) electrons. The molecule has 0 unspecified atom stereocenters.